The average molecular weight is 321 g/mol. The minimum Gasteiger partial charge on any atom is -0.436 e. The highest BCUT2D eigenvalue weighted by atomic mass is 35.5. The monoisotopic (exact) mass is 320 g/mol. The van der Waals surface area contributed by atoms with Crippen LogP contribution in [-0.2, 0) is 0 Å². The predicted octanol–water partition coefficient (Wildman–Crippen LogP) is 4.35. The highest BCUT2D eigenvalue weighted by molar-refractivity contribution is 7.16. The van der Waals surface area contributed by atoms with Gasteiger partial charge in [0.15, 0.2) is 0 Å². The molecule has 7 heteroatoms. The second-order valence-corrected chi connectivity index (χ2v) is 5.69. The van der Waals surface area contributed by atoms with Gasteiger partial charge in [-0.3, -0.25) is 4.98 Å². The molecule has 0 unspecified atom stereocenters. The van der Waals surface area contributed by atoms with Crippen LogP contribution in [0.4, 0.5) is 5.95 Å². The van der Waals surface area contributed by atoms with Gasteiger partial charge in [0.1, 0.15) is 10.6 Å². The molecule has 0 atom stereocenters. The molecule has 0 aromatic carbocycles. The second kappa shape index (κ2) is 6.24. The fraction of sp³-hybridized carbons (Fsp3) is 0.214. The van der Waals surface area contributed by atoms with Crippen LogP contribution < -0.4 is 10.1 Å². The molecule has 0 aliphatic carbocycles. The number of fused-ring (bicyclic) bond motifs is 1. The second-order valence-electron chi connectivity index (χ2n) is 4.36. The maximum absolute atomic E-state index is 5.92. The molecule has 1 N–H and O–H groups in total. The van der Waals surface area contributed by atoms with E-state index in [1.807, 2.05) is 11.4 Å². The summed E-state index contributed by atoms with van der Waals surface area (Å²) in [6.07, 6.45) is 4.16. The number of rotatable bonds is 5. The lowest BCUT2D eigenvalue weighted by Crippen LogP contribution is -2.04. The summed E-state index contributed by atoms with van der Waals surface area (Å²) < 4.78 is 5.82. The van der Waals surface area contributed by atoms with E-state index in [2.05, 4.69) is 27.2 Å². The minimum atomic E-state index is 0.504. The first-order valence-corrected chi connectivity index (χ1v) is 7.79. The first kappa shape index (κ1) is 14.0. The first-order valence-electron chi connectivity index (χ1n) is 6.54. The van der Waals surface area contributed by atoms with Gasteiger partial charge in [0.05, 0.1) is 16.6 Å². The number of thiophene rings is 1. The molecular weight excluding hydrogens is 308 g/mol. The van der Waals surface area contributed by atoms with E-state index in [9.17, 15) is 0 Å². The molecule has 108 valence electrons. The zero-order valence-electron chi connectivity index (χ0n) is 11.3. The fourth-order valence-electron chi connectivity index (χ4n) is 1.78. The molecule has 3 rings (SSSR count). The molecular formula is C14H13ClN4OS. The van der Waals surface area contributed by atoms with Gasteiger partial charge in [-0.1, -0.05) is 18.5 Å². The van der Waals surface area contributed by atoms with Crippen LogP contribution in [0.1, 0.15) is 13.3 Å². The smallest absolute Gasteiger partial charge is 0.232 e. The third kappa shape index (κ3) is 3.22. The number of anilines is 1. The number of aromatic nitrogens is 3. The Morgan fingerprint density at radius 1 is 1.33 bits per heavy atom. The molecule has 5 nitrogen and oxygen atoms in total. The minimum absolute atomic E-state index is 0.504. The first-order chi connectivity index (χ1) is 10.3. The molecule has 0 saturated carbocycles. The third-order valence-corrected chi connectivity index (χ3v) is 3.73. The van der Waals surface area contributed by atoms with Crippen LogP contribution in [0.2, 0.25) is 5.02 Å². The van der Waals surface area contributed by atoms with E-state index in [0.29, 0.717) is 22.6 Å². The lowest BCUT2D eigenvalue weighted by atomic mass is 10.4. The molecule has 0 amide bonds. The Bertz CT molecular complexity index is 762. The van der Waals surface area contributed by atoms with Crippen molar-refractivity contribution in [2.24, 2.45) is 0 Å². The van der Waals surface area contributed by atoms with Gasteiger partial charge in [0.2, 0.25) is 11.8 Å². The Morgan fingerprint density at radius 3 is 3.05 bits per heavy atom. The molecule has 3 aromatic rings. The van der Waals surface area contributed by atoms with Gasteiger partial charge in [-0.25, -0.2) is 4.98 Å². The summed E-state index contributed by atoms with van der Waals surface area (Å²) in [5.74, 6) is 1.62. The maximum Gasteiger partial charge on any atom is 0.232 e. The quantitative estimate of drug-likeness (QED) is 0.757. The van der Waals surface area contributed by atoms with Crippen LogP contribution >= 0.6 is 22.9 Å². The maximum atomic E-state index is 5.92. The van der Waals surface area contributed by atoms with Crippen LogP contribution in [-0.4, -0.2) is 21.5 Å². The Balaban J connectivity index is 1.97. The van der Waals surface area contributed by atoms with Crippen molar-refractivity contribution in [3.63, 3.8) is 0 Å². The summed E-state index contributed by atoms with van der Waals surface area (Å²) in [7, 11) is 0. The Hall–Kier alpha value is -1.92. The Kier molecular flexibility index (Phi) is 4.17. The van der Waals surface area contributed by atoms with Crippen molar-refractivity contribution in [3.8, 4) is 11.6 Å². The van der Waals surface area contributed by atoms with Crippen LogP contribution in [0.25, 0.3) is 10.2 Å². The number of hydrogen-bond acceptors (Lipinski definition) is 6. The largest absolute Gasteiger partial charge is 0.436 e. The van der Waals surface area contributed by atoms with E-state index in [-0.39, 0.29) is 0 Å². The molecule has 0 bridgehead atoms. The van der Waals surface area contributed by atoms with Crippen LogP contribution in [0, 0.1) is 0 Å². The van der Waals surface area contributed by atoms with Crippen molar-refractivity contribution in [1.29, 1.82) is 0 Å². The van der Waals surface area contributed by atoms with Gasteiger partial charge in [0.25, 0.3) is 0 Å². The van der Waals surface area contributed by atoms with Gasteiger partial charge in [-0.05, 0) is 17.9 Å². The molecule has 0 saturated heterocycles. The number of hydrogen-bond donors (Lipinski definition) is 1. The molecule has 0 spiro atoms. The van der Waals surface area contributed by atoms with E-state index < -0.39 is 0 Å². The summed E-state index contributed by atoms with van der Waals surface area (Å²) in [5, 5.41) is 6.54. The van der Waals surface area contributed by atoms with Gasteiger partial charge >= 0.3 is 0 Å². The van der Waals surface area contributed by atoms with Gasteiger partial charge in [0, 0.05) is 18.8 Å². The Labute approximate surface area is 131 Å². The van der Waals surface area contributed by atoms with Crippen molar-refractivity contribution >= 4 is 39.1 Å². The summed E-state index contributed by atoms with van der Waals surface area (Å²) >= 11 is 7.47. The zero-order chi connectivity index (χ0) is 14.7. The van der Waals surface area contributed by atoms with Gasteiger partial charge in [-0.2, -0.15) is 4.98 Å². The third-order valence-electron chi connectivity index (χ3n) is 2.72. The topological polar surface area (TPSA) is 59.9 Å². The molecule has 21 heavy (non-hydrogen) atoms. The van der Waals surface area contributed by atoms with Crippen LogP contribution in [0.15, 0.2) is 29.9 Å². The normalized spacial score (nSPS) is 10.8. The Morgan fingerprint density at radius 2 is 2.24 bits per heavy atom. The van der Waals surface area contributed by atoms with Crippen molar-refractivity contribution in [2.45, 2.75) is 13.3 Å². The predicted molar refractivity (Wildman–Crippen MR) is 85.5 cm³/mol. The van der Waals surface area contributed by atoms with E-state index in [1.54, 1.807) is 29.8 Å². The average Bonchev–Trinajstić information content (AvgIpc) is 2.94. The summed E-state index contributed by atoms with van der Waals surface area (Å²) in [4.78, 5) is 13.8. The standard InChI is InChI=1S/C14H13ClN4OS/c1-2-4-17-14-18-12(11-3-5-21-13(11)19-14)20-10-6-9(15)7-16-8-10/h3,5-8H,2,4H2,1H3,(H,17,18,19). The number of nitrogens with zero attached hydrogens (tertiary/aromatic N) is 3. The molecule has 0 aliphatic heterocycles. The van der Waals surface area contributed by atoms with Gasteiger partial charge in [-0.15, -0.1) is 11.3 Å². The van der Waals surface area contributed by atoms with Gasteiger partial charge < -0.3 is 10.1 Å². The fourth-order valence-corrected chi connectivity index (χ4v) is 2.70. The van der Waals surface area contributed by atoms with Crippen LogP contribution in [0.5, 0.6) is 11.6 Å². The van der Waals surface area contributed by atoms with E-state index in [1.165, 1.54) is 0 Å². The molecule has 3 heterocycles. The lowest BCUT2D eigenvalue weighted by Gasteiger charge is -2.08. The highest BCUT2D eigenvalue weighted by Crippen LogP contribution is 2.31. The number of halogens is 1. The van der Waals surface area contributed by atoms with E-state index in [0.717, 1.165) is 23.2 Å². The van der Waals surface area contributed by atoms with E-state index in [4.69, 9.17) is 16.3 Å². The van der Waals surface area contributed by atoms with E-state index >= 15 is 0 Å². The SMILES string of the molecule is CCCNc1nc(Oc2cncc(Cl)c2)c2ccsc2n1. The number of ether oxygens (including phenoxy) is 1. The summed E-state index contributed by atoms with van der Waals surface area (Å²) in [6, 6.07) is 3.64. The molecule has 0 fully saturated rings. The van der Waals surface area contributed by atoms with Crippen LogP contribution in [0.3, 0.4) is 0 Å². The van der Waals surface area contributed by atoms with Crippen molar-refractivity contribution in [1.82, 2.24) is 15.0 Å². The summed E-state index contributed by atoms with van der Waals surface area (Å²) in [5.41, 5.74) is 0. The zero-order valence-corrected chi connectivity index (χ0v) is 12.9. The van der Waals surface area contributed by atoms with Crippen molar-refractivity contribution in [3.05, 3.63) is 34.9 Å². The lowest BCUT2D eigenvalue weighted by molar-refractivity contribution is 0.467. The summed E-state index contributed by atoms with van der Waals surface area (Å²) in [6.45, 7) is 2.90. The van der Waals surface area contributed by atoms with Crippen molar-refractivity contribution in [2.75, 3.05) is 11.9 Å². The number of pyridine rings is 1. The van der Waals surface area contributed by atoms with Crippen molar-refractivity contribution < 1.29 is 4.74 Å². The highest BCUT2D eigenvalue weighted by Gasteiger charge is 2.11. The molecule has 0 aliphatic rings. The molecule has 3 aromatic heterocycles. The molecule has 0 radical (unpaired) electrons. The number of nitrogens with one attached hydrogen (secondary N) is 1.